The van der Waals surface area contributed by atoms with Crippen LogP contribution in [-0.4, -0.2) is 26.2 Å². The summed E-state index contributed by atoms with van der Waals surface area (Å²) in [6.45, 7) is 1.60. The quantitative estimate of drug-likeness (QED) is 0.406. The first-order valence-corrected chi connectivity index (χ1v) is 9.55. The van der Waals surface area contributed by atoms with Gasteiger partial charge >= 0.3 is 0 Å². The van der Waals surface area contributed by atoms with Crippen LogP contribution in [0.2, 0.25) is 10.0 Å². The number of rotatable bonds is 4. The van der Waals surface area contributed by atoms with Crippen LogP contribution in [-0.2, 0) is 0 Å². The molecule has 2 aromatic carbocycles. The maximum atomic E-state index is 13.0. The zero-order valence-corrected chi connectivity index (χ0v) is 17.7. The summed E-state index contributed by atoms with van der Waals surface area (Å²) in [7, 11) is 0. The first-order valence-electron chi connectivity index (χ1n) is 8.80. The van der Waals surface area contributed by atoms with E-state index in [2.05, 4.69) is 4.99 Å². The highest BCUT2D eigenvalue weighted by Crippen LogP contribution is 2.26. The van der Waals surface area contributed by atoms with Gasteiger partial charge in [0.2, 0.25) is 0 Å². The van der Waals surface area contributed by atoms with Gasteiger partial charge < -0.3 is 0 Å². The third kappa shape index (κ3) is 4.56. The number of pyridine rings is 1. The highest BCUT2D eigenvalue weighted by molar-refractivity contribution is 6.33. The van der Waals surface area contributed by atoms with Crippen LogP contribution in [0.25, 0.3) is 0 Å². The van der Waals surface area contributed by atoms with Crippen molar-refractivity contribution < 1.29 is 19.4 Å². The molecule has 12 heteroatoms. The Morgan fingerprint density at radius 3 is 2.00 bits per heavy atom. The molecule has 0 radical (unpaired) electrons. The van der Waals surface area contributed by atoms with E-state index in [9.17, 15) is 29.8 Å². The van der Waals surface area contributed by atoms with Crippen LogP contribution in [0.15, 0.2) is 59.7 Å². The van der Waals surface area contributed by atoms with E-state index >= 15 is 0 Å². The van der Waals surface area contributed by atoms with Crippen molar-refractivity contribution in [3.8, 4) is 0 Å². The zero-order chi connectivity index (χ0) is 23.6. The van der Waals surface area contributed by atoms with Crippen molar-refractivity contribution in [3.05, 3.63) is 107 Å². The minimum Gasteiger partial charge on any atom is -0.268 e. The minimum absolute atomic E-state index is 0.0438. The number of carbonyl (C=O) groups excluding carboxylic acids is 2. The van der Waals surface area contributed by atoms with Crippen molar-refractivity contribution in [2.24, 2.45) is 4.99 Å². The number of hydrogen-bond donors (Lipinski definition) is 0. The summed E-state index contributed by atoms with van der Waals surface area (Å²) in [5.74, 6) is -1.54. The van der Waals surface area contributed by atoms with Crippen LogP contribution < -0.4 is 5.49 Å². The van der Waals surface area contributed by atoms with Gasteiger partial charge in [0.15, 0.2) is 0 Å². The second kappa shape index (κ2) is 9.08. The van der Waals surface area contributed by atoms with Gasteiger partial charge in [0.05, 0.1) is 9.85 Å². The maximum absolute atomic E-state index is 13.0. The summed E-state index contributed by atoms with van der Waals surface area (Å²) in [5, 5.41) is 21.9. The van der Waals surface area contributed by atoms with Gasteiger partial charge in [0.1, 0.15) is 15.5 Å². The fourth-order valence-corrected chi connectivity index (χ4v) is 3.16. The number of aryl methyl sites for hydroxylation is 1. The summed E-state index contributed by atoms with van der Waals surface area (Å²) in [5.41, 5.74) is -0.671. The highest BCUT2D eigenvalue weighted by Gasteiger charge is 2.19. The molecule has 1 amide bonds. The molecule has 3 aromatic rings. The van der Waals surface area contributed by atoms with Crippen LogP contribution in [0.1, 0.15) is 26.3 Å². The summed E-state index contributed by atoms with van der Waals surface area (Å²) in [6.07, 6.45) is 1.34. The van der Waals surface area contributed by atoms with Gasteiger partial charge in [-0.25, -0.2) is 0 Å². The van der Waals surface area contributed by atoms with Crippen LogP contribution in [0, 0.1) is 27.2 Å². The van der Waals surface area contributed by atoms with Gasteiger partial charge in [0, 0.05) is 29.5 Å². The molecular weight excluding hydrogens is 463 g/mol. The number of halogens is 2. The van der Waals surface area contributed by atoms with E-state index in [4.69, 9.17) is 23.2 Å². The highest BCUT2D eigenvalue weighted by atomic mass is 35.5. The van der Waals surface area contributed by atoms with Crippen molar-refractivity contribution in [1.82, 2.24) is 4.57 Å². The Kier molecular flexibility index (Phi) is 6.47. The minimum atomic E-state index is -0.845. The number of aromatic nitrogens is 1. The molecule has 1 heterocycles. The summed E-state index contributed by atoms with van der Waals surface area (Å²) in [6, 6.07) is 10.1. The van der Waals surface area contributed by atoms with Crippen LogP contribution >= 0.6 is 23.2 Å². The number of nitro benzene ring substituents is 2. The lowest BCUT2D eigenvalue weighted by atomic mass is 10.1. The Labute approximate surface area is 189 Å². The molecule has 0 bridgehead atoms. The number of nitrogens with zero attached hydrogens (tertiary/aromatic N) is 4. The molecule has 0 N–H and O–H groups in total. The Morgan fingerprint density at radius 2 is 1.44 bits per heavy atom. The lowest BCUT2D eigenvalue weighted by Gasteiger charge is -2.08. The Morgan fingerprint density at radius 1 is 0.906 bits per heavy atom. The van der Waals surface area contributed by atoms with Crippen molar-refractivity contribution in [2.45, 2.75) is 6.92 Å². The summed E-state index contributed by atoms with van der Waals surface area (Å²) in [4.78, 5) is 50.4. The van der Waals surface area contributed by atoms with Crippen molar-refractivity contribution in [1.29, 1.82) is 0 Å². The Hall–Kier alpha value is -3.89. The summed E-state index contributed by atoms with van der Waals surface area (Å²) < 4.78 is 1.05. The molecule has 162 valence electrons. The third-order valence-electron chi connectivity index (χ3n) is 4.37. The van der Waals surface area contributed by atoms with Crippen molar-refractivity contribution in [3.63, 3.8) is 0 Å². The normalized spacial score (nSPS) is 11.3. The molecule has 0 spiro atoms. The van der Waals surface area contributed by atoms with E-state index in [1.807, 2.05) is 0 Å². The van der Waals surface area contributed by atoms with Gasteiger partial charge in [-0.15, -0.1) is 0 Å². The molecule has 0 aliphatic carbocycles. The number of carbonyl (C=O) groups is 2. The lowest BCUT2D eigenvalue weighted by Crippen LogP contribution is -2.30. The molecule has 0 unspecified atom stereocenters. The average Bonchev–Trinajstić information content (AvgIpc) is 2.74. The van der Waals surface area contributed by atoms with Gasteiger partial charge in [-0.1, -0.05) is 29.3 Å². The molecule has 0 atom stereocenters. The Balaban J connectivity index is 2.12. The van der Waals surface area contributed by atoms with E-state index in [-0.39, 0.29) is 26.7 Å². The van der Waals surface area contributed by atoms with Crippen LogP contribution in [0.4, 0.5) is 11.4 Å². The number of amides is 1. The molecule has 0 aliphatic rings. The first kappa shape index (κ1) is 22.8. The van der Waals surface area contributed by atoms with E-state index in [1.165, 1.54) is 36.5 Å². The Bertz CT molecular complexity index is 1370. The number of hydrogen-bond acceptors (Lipinski definition) is 6. The smallest absolute Gasteiger partial charge is 0.268 e. The van der Waals surface area contributed by atoms with E-state index in [0.29, 0.717) is 5.56 Å². The molecule has 0 aliphatic heterocycles. The second-order valence-corrected chi connectivity index (χ2v) is 7.27. The van der Waals surface area contributed by atoms with Crippen molar-refractivity contribution >= 4 is 46.4 Å². The van der Waals surface area contributed by atoms with Crippen LogP contribution in [0.3, 0.4) is 0 Å². The summed E-state index contributed by atoms with van der Waals surface area (Å²) >= 11 is 11.6. The van der Waals surface area contributed by atoms with E-state index < -0.39 is 33.0 Å². The van der Waals surface area contributed by atoms with Crippen molar-refractivity contribution in [2.75, 3.05) is 0 Å². The fraction of sp³-hybridized carbons (Fsp3) is 0.0500. The molecule has 32 heavy (non-hydrogen) atoms. The molecule has 0 saturated heterocycles. The largest absolute Gasteiger partial charge is 0.288 e. The second-order valence-electron chi connectivity index (χ2n) is 6.45. The van der Waals surface area contributed by atoms with Gasteiger partial charge in [0.25, 0.3) is 23.2 Å². The molecule has 3 rings (SSSR count). The fourth-order valence-electron chi connectivity index (χ4n) is 2.79. The van der Waals surface area contributed by atoms with E-state index in [0.717, 1.165) is 16.7 Å². The van der Waals surface area contributed by atoms with E-state index in [1.54, 1.807) is 13.0 Å². The number of nitro groups is 2. The zero-order valence-electron chi connectivity index (χ0n) is 16.2. The van der Waals surface area contributed by atoms with Gasteiger partial charge in [-0.3, -0.25) is 34.4 Å². The van der Waals surface area contributed by atoms with Gasteiger partial charge in [-0.2, -0.15) is 4.99 Å². The average molecular weight is 475 g/mol. The molecule has 1 aromatic heterocycles. The standard InChI is InChI=1S/C20H12Cl2N4O6/c1-11-3-2-8-24(20(28)13-5-7-15(22)17(10-13)26(31)32)18(11)23-19(27)12-4-6-14(21)16(9-12)25(29)30/h2-10H,1H3. The molecule has 0 fully saturated rings. The SMILES string of the molecule is Cc1cccn(C(=O)c2ccc(Cl)c([N+](=O)[O-])c2)c1=NC(=O)c1ccc(Cl)c([N+](=O)[O-])c1. The van der Waals surface area contributed by atoms with Crippen LogP contribution in [0.5, 0.6) is 0 Å². The predicted molar refractivity (Wildman–Crippen MR) is 115 cm³/mol. The lowest BCUT2D eigenvalue weighted by molar-refractivity contribution is -0.384. The van der Waals surface area contributed by atoms with Gasteiger partial charge in [-0.05, 0) is 42.8 Å². The third-order valence-corrected chi connectivity index (χ3v) is 5.01. The first-order chi connectivity index (χ1) is 15.1. The topological polar surface area (TPSA) is 138 Å². The predicted octanol–water partition coefficient (Wildman–Crippen LogP) is 4.35. The molecule has 10 nitrogen and oxygen atoms in total. The molecular formula is C20H12Cl2N4O6. The molecule has 0 saturated carbocycles. The maximum Gasteiger partial charge on any atom is 0.288 e. The monoisotopic (exact) mass is 474 g/mol. The number of benzene rings is 2.